The molecular weight excluding hydrogens is 319 g/mol. The van der Waals surface area contributed by atoms with Crippen LogP contribution in [0.15, 0.2) is 24.3 Å². The second-order valence-electron chi connectivity index (χ2n) is 5.19. The molecule has 0 spiro atoms. The molecule has 3 heteroatoms. The predicted octanol–water partition coefficient (Wildman–Crippen LogP) is 6.57. The molecule has 0 saturated heterocycles. The molecule has 0 amide bonds. The first-order valence-corrected chi connectivity index (χ1v) is 8.66. The zero-order valence-corrected chi connectivity index (χ0v) is 14.0. The first-order valence-electron chi connectivity index (χ1n) is 7.75. The van der Waals surface area contributed by atoms with E-state index in [1.54, 1.807) is 12.1 Å². The molecule has 114 valence electrons. The average molecular weight is 345 g/mol. The van der Waals surface area contributed by atoms with Crippen LogP contribution in [0.3, 0.4) is 0 Å². The van der Waals surface area contributed by atoms with Crippen molar-refractivity contribution in [2.24, 2.45) is 0 Å². The fourth-order valence-electron chi connectivity index (χ4n) is 2.14. The van der Waals surface area contributed by atoms with Crippen molar-refractivity contribution in [2.45, 2.75) is 63.4 Å². The van der Waals surface area contributed by atoms with Crippen LogP contribution in [0, 0.1) is 0 Å². The van der Waals surface area contributed by atoms with Crippen molar-refractivity contribution >= 4 is 15.9 Å². The van der Waals surface area contributed by atoms with E-state index in [1.165, 1.54) is 44.9 Å². The highest BCUT2D eigenvalue weighted by molar-refractivity contribution is 9.09. The molecule has 1 atom stereocenters. The summed E-state index contributed by atoms with van der Waals surface area (Å²) in [4.78, 5) is 0. The second-order valence-corrected chi connectivity index (χ2v) is 6.00. The smallest absolute Gasteiger partial charge is 0.180 e. The molecule has 1 aromatic rings. The van der Waals surface area contributed by atoms with Gasteiger partial charge in [0.1, 0.15) is 5.75 Å². The minimum atomic E-state index is -1.09. The number of benzene rings is 1. The predicted molar refractivity (Wildman–Crippen MR) is 87.3 cm³/mol. The van der Waals surface area contributed by atoms with Gasteiger partial charge in [0.2, 0.25) is 0 Å². The average Bonchev–Trinajstić information content (AvgIpc) is 2.46. The third-order valence-corrected chi connectivity index (χ3v) is 3.93. The zero-order chi connectivity index (χ0) is 14.6. The lowest BCUT2D eigenvalue weighted by Crippen LogP contribution is -1.97. The van der Waals surface area contributed by atoms with Crippen LogP contribution in [-0.4, -0.2) is 6.61 Å². The zero-order valence-electron chi connectivity index (χ0n) is 12.4. The Kier molecular flexibility index (Phi) is 9.73. The van der Waals surface area contributed by atoms with Crippen molar-refractivity contribution < 1.29 is 9.13 Å². The van der Waals surface area contributed by atoms with Crippen LogP contribution in [0.1, 0.15) is 68.9 Å². The van der Waals surface area contributed by atoms with Crippen molar-refractivity contribution in [2.75, 3.05) is 6.61 Å². The van der Waals surface area contributed by atoms with Gasteiger partial charge in [-0.1, -0.05) is 64.0 Å². The van der Waals surface area contributed by atoms with Crippen LogP contribution in [-0.2, 0) is 0 Å². The summed E-state index contributed by atoms with van der Waals surface area (Å²) in [7, 11) is 0. The van der Waals surface area contributed by atoms with Crippen molar-refractivity contribution in [3.8, 4) is 5.75 Å². The van der Waals surface area contributed by atoms with Crippen LogP contribution >= 0.6 is 15.9 Å². The number of hydrogen-bond acceptors (Lipinski definition) is 1. The molecule has 1 nitrogen and oxygen atoms in total. The Morgan fingerprint density at radius 2 is 1.50 bits per heavy atom. The molecular formula is C17H26BrFO. The van der Waals surface area contributed by atoms with E-state index < -0.39 is 5.08 Å². The van der Waals surface area contributed by atoms with Crippen LogP contribution in [0.25, 0.3) is 0 Å². The van der Waals surface area contributed by atoms with Gasteiger partial charge >= 0.3 is 0 Å². The van der Waals surface area contributed by atoms with E-state index in [1.807, 2.05) is 12.1 Å². The van der Waals surface area contributed by atoms with E-state index in [4.69, 9.17) is 4.74 Å². The van der Waals surface area contributed by atoms with Gasteiger partial charge in [0, 0.05) is 0 Å². The van der Waals surface area contributed by atoms with Gasteiger partial charge in [-0.25, -0.2) is 4.39 Å². The molecule has 0 aliphatic carbocycles. The lowest BCUT2D eigenvalue weighted by molar-refractivity contribution is 0.304. The highest BCUT2D eigenvalue weighted by atomic mass is 79.9. The van der Waals surface area contributed by atoms with Gasteiger partial charge in [0.05, 0.1) is 6.61 Å². The molecule has 1 unspecified atom stereocenters. The Bertz CT molecular complexity index is 337. The normalized spacial score (nSPS) is 12.3. The minimum absolute atomic E-state index is 0.629. The molecule has 0 bridgehead atoms. The van der Waals surface area contributed by atoms with Crippen LogP contribution in [0.5, 0.6) is 5.75 Å². The molecule has 0 aromatic heterocycles. The molecule has 1 rings (SSSR count). The highest BCUT2D eigenvalue weighted by Crippen LogP contribution is 2.25. The van der Waals surface area contributed by atoms with Crippen molar-refractivity contribution in [1.82, 2.24) is 0 Å². The SMILES string of the molecule is CCCCCCCCCCOc1ccc(C(F)Br)cc1. The third kappa shape index (κ3) is 7.88. The summed E-state index contributed by atoms with van der Waals surface area (Å²) < 4.78 is 18.6. The van der Waals surface area contributed by atoms with Crippen LogP contribution in [0.4, 0.5) is 4.39 Å². The maximum Gasteiger partial charge on any atom is 0.180 e. The first-order chi connectivity index (χ1) is 9.74. The summed E-state index contributed by atoms with van der Waals surface area (Å²) in [5.41, 5.74) is 0.629. The van der Waals surface area contributed by atoms with Crippen molar-refractivity contribution in [3.63, 3.8) is 0 Å². The van der Waals surface area contributed by atoms with Gasteiger partial charge < -0.3 is 4.74 Å². The number of ether oxygens (including phenoxy) is 1. The molecule has 20 heavy (non-hydrogen) atoms. The first kappa shape index (κ1) is 17.5. The molecule has 0 saturated carbocycles. The molecule has 0 heterocycles. The van der Waals surface area contributed by atoms with E-state index in [0.29, 0.717) is 5.56 Å². The quantitative estimate of drug-likeness (QED) is 0.326. The van der Waals surface area contributed by atoms with E-state index in [9.17, 15) is 4.39 Å². The molecule has 0 radical (unpaired) electrons. The summed E-state index contributed by atoms with van der Waals surface area (Å²) >= 11 is 2.90. The maximum absolute atomic E-state index is 12.9. The summed E-state index contributed by atoms with van der Waals surface area (Å²) in [6.45, 7) is 3.00. The highest BCUT2D eigenvalue weighted by Gasteiger charge is 2.03. The molecule has 0 aliphatic rings. The van der Waals surface area contributed by atoms with Crippen molar-refractivity contribution in [1.29, 1.82) is 0 Å². The van der Waals surface area contributed by atoms with Crippen LogP contribution in [0.2, 0.25) is 0 Å². The number of hydrogen-bond donors (Lipinski definition) is 0. The van der Waals surface area contributed by atoms with E-state index in [0.717, 1.165) is 18.8 Å². The Labute approximate surface area is 131 Å². The molecule has 1 aromatic carbocycles. The Morgan fingerprint density at radius 1 is 0.950 bits per heavy atom. The Balaban J connectivity index is 2.01. The lowest BCUT2D eigenvalue weighted by atomic mass is 10.1. The van der Waals surface area contributed by atoms with E-state index in [2.05, 4.69) is 22.9 Å². The lowest BCUT2D eigenvalue weighted by Gasteiger charge is -2.07. The fourth-order valence-corrected chi connectivity index (χ4v) is 2.44. The van der Waals surface area contributed by atoms with Gasteiger partial charge in [0.25, 0.3) is 0 Å². The molecule has 0 N–H and O–H groups in total. The molecule has 0 fully saturated rings. The number of unbranched alkanes of at least 4 members (excludes halogenated alkanes) is 7. The topological polar surface area (TPSA) is 9.23 Å². The van der Waals surface area contributed by atoms with Gasteiger partial charge in [0.15, 0.2) is 5.08 Å². The second kappa shape index (κ2) is 11.1. The van der Waals surface area contributed by atoms with Gasteiger partial charge in [-0.3, -0.25) is 0 Å². The van der Waals surface area contributed by atoms with Gasteiger partial charge in [-0.2, -0.15) is 0 Å². The minimum Gasteiger partial charge on any atom is -0.494 e. The largest absolute Gasteiger partial charge is 0.494 e. The fraction of sp³-hybridized carbons (Fsp3) is 0.647. The number of halogens is 2. The number of rotatable bonds is 11. The number of alkyl halides is 2. The van der Waals surface area contributed by atoms with E-state index in [-0.39, 0.29) is 0 Å². The maximum atomic E-state index is 12.9. The van der Waals surface area contributed by atoms with Gasteiger partial charge in [-0.05, 0) is 40.0 Å². The standard InChI is InChI=1S/C17H26BrFO/c1-2-3-4-5-6-7-8-9-14-20-16-12-10-15(11-13-16)17(18)19/h10-13,17H,2-9,14H2,1H3. The molecule has 0 aliphatic heterocycles. The summed E-state index contributed by atoms with van der Waals surface area (Å²) in [6, 6.07) is 7.16. The Hall–Kier alpha value is -0.570. The monoisotopic (exact) mass is 344 g/mol. The summed E-state index contributed by atoms with van der Waals surface area (Å²) in [5, 5.41) is -1.09. The summed E-state index contributed by atoms with van der Waals surface area (Å²) in [6.07, 6.45) is 10.4. The van der Waals surface area contributed by atoms with Gasteiger partial charge in [-0.15, -0.1) is 0 Å². The van der Waals surface area contributed by atoms with E-state index >= 15 is 0 Å². The Morgan fingerprint density at radius 3 is 2.05 bits per heavy atom. The van der Waals surface area contributed by atoms with Crippen LogP contribution < -0.4 is 4.74 Å². The summed E-state index contributed by atoms with van der Waals surface area (Å²) in [5.74, 6) is 0.824. The third-order valence-electron chi connectivity index (χ3n) is 3.40. The van der Waals surface area contributed by atoms with Crippen molar-refractivity contribution in [3.05, 3.63) is 29.8 Å².